The van der Waals surface area contributed by atoms with Gasteiger partial charge in [-0.15, -0.1) is 0 Å². The van der Waals surface area contributed by atoms with Crippen molar-refractivity contribution in [2.24, 2.45) is 11.8 Å². The highest BCUT2D eigenvalue weighted by atomic mass is 16.3. The van der Waals surface area contributed by atoms with Crippen molar-refractivity contribution < 1.29 is 9.90 Å². The summed E-state index contributed by atoms with van der Waals surface area (Å²) < 4.78 is 0. The fourth-order valence-electron chi connectivity index (χ4n) is 0.996. The topological polar surface area (TPSA) is 37.3 Å². The molecule has 0 saturated heterocycles. The SMILES string of the molecule is CCC(C)C(=O)C(O)C(C)CC. The second-order valence-corrected chi connectivity index (χ2v) is 3.54. The van der Waals surface area contributed by atoms with Crippen molar-refractivity contribution in [1.29, 1.82) is 0 Å². The first-order chi connectivity index (χ1) is 5.54. The van der Waals surface area contributed by atoms with Crippen LogP contribution < -0.4 is 0 Å². The van der Waals surface area contributed by atoms with E-state index in [1.54, 1.807) is 0 Å². The lowest BCUT2D eigenvalue weighted by molar-refractivity contribution is -0.133. The van der Waals surface area contributed by atoms with Crippen LogP contribution in [0, 0.1) is 11.8 Å². The van der Waals surface area contributed by atoms with E-state index in [-0.39, 0.29) is 17.6 Å². The molecule has 12 heavy (non-hydrogen) atoms. The number of aliphatic hydroxyl groups excluding tert-OH is 1. The third-order valence-corrected chi connectivity index (χ3v) is 2.57. The zero-order valence-electron chi connectivity index (χ0n) is 8.50. The molecule has 3 unspecified atom stereocenters. The van der Waals surface area contributed by atoms with Crippen LogP contribution in [0.15, 0.2) is 0 Å². The lowest BCUT2D eigenvalue weighted by Crippen LogP contribution is -2.31. The van der Waals surface area contributed by atoms with E-state index in [0.717, 1.165) is 12.8 Å². The summed E-state index contributed by atoms with van der Waals surface area (Å²) in [4.78, 5) is 11.4. The molecule has 0 aromatic heterocycles. The summed E-state index contributed by atoms with van der Waals surface area (Å²) in [6, 6.07) is 0. The average molecular weight is 172 g/mol. The Morgan fingerprint density at radius 3 is 2.08 bits per heavy atom. The minimum atomic E-state index is -0.759. The molecule has 2 nitrogen and oxygen atoms in total. The standard InChI is InChI=1S/C10H20O2/c1-5-7(3)9(11)10(12)8(4)6-2/h7-9,11H,5-6H2,1-4H3. The maximum atomic E-state index is 11.4. The Hall–Kier alpha value is -0.370. The summed E-state index contributed by atoms with van der Waals surface area (Å²) >= 11 is 0. The maximum absolute atomic E-state index is 11.4. The number of Topliss-reactive ketones (excluding diaryl/α,β-unsaturated/α-hetero) is 1. The zero-order valence-corrected chi connectivity index (χ0v) is 8.50. The first-order valence-corrected chi connectivity index (χ1v) is 4.76. The molecule has 0 radical (unpaired) electrons. The first kappa shape index (κ1) is 11.6. The second kappa shape index (κ2) is 5.31. The molecule has 0 heterocycles. The lowest BCUT2D eigenvalue weighted by atomic mass is 9.91. The molecule has 0 aromatic rings. The highest BCUT2D eigenvalue weighted by molar-refractivity contribution is 5.85. The zero-order chi connectivity index (χ0) is 9.72. The second-order valence-electron chi connectivity index (χ2n) is 3.54. The molecule has 0 saturated carbocycles. The molecule has 0 aliphatic heterocycles. The maximum Gasteiger partial charge on any atom is 0.164 e. The molecule has 0 bridgehead atoms. The Morgan fingerprint density at radius 2 is 1.75 bits per heavy atom. The van der Waals surface area contributed by atoms with Gasteiger partial charge < -0.3 is 5.11 Å². The summed E-state index contributed by atoms with van der Waals surface area (Å²) in [6.07, 6.45) is 0.903. The highest BCUT2D eigenvalue weighted by Gasteiger charge is 2.24. The first-order valence-electron chi connectivity index (χ1n) is 4.76. The third kappa shape index (κ3) is 2.94. The van der Waals surface area contributed by atoms with Crippen LogP contribution in [0.1, 0.15) is 40.5 Å². The van der Waals surface area contributed by atoms with Gasteiger partial charge in [0, 0.05) is 5.92 Å². The van der Waals surface area contributed by atoms with Gasteiger partial charge in [0.05, 0.1) is 0 Å². The largest absolute Gasteiger partial charge is 0.385 e. The summed E-state index contributed by atoms with van der Waals surface area (Å²) in [7, 11) is 0. The Bertz CT molecular complexity index is 143. The Kier molecular flexibility index (Phi) is 5.14. The van der Waals surface area contributed by atoms with E-state index >= 15 is 0 Å². The van der Waals surface area contributed by atoms with Gasteiger partial charge in [-0.3, -0.25) is 4.79 Å². The number of carbonyl (C=O) groups excluding carboxylic acids is 1. The third-order valence-electron chi connectivity index (χ3n) is 2.57. The highest BCUT2D eigenvalue weighted by Crippen LogP contribution is 2.14. The minimum absolute atomic E-state index is 0.00556. The van der Waals surface area contributed by atoms with E-state index in [2.05, 4.69) is 0 Å². The molecular formula is C10H20O2. The van der Waals surface area contributed by atoms with E-state index in [0.29, 0.717) is 0 Å². The molecular weight excluding hydrogens is 152 g/mol. The molecule has 3 atom stereocenters. The number of carbonyl (C=O) groups is 1. The van der Waals surface area contributed by atoms with E-state index in [4.69, 9.17) is 0 Å². The van der Waals surface area contributed by atoms with Gasteiger partial charge in [0.1, 0.15) is 6.10 Å². The predicted octanol–water partition coefficient (Wildman–Crippen LogP) is 2.01. The monoisotopic (exact) mass is 172 g/mol. The molecule has 0 fully saturated rings. The molecule has 0 aromatic carbocycles. The summed E-state index contributed by atoms with van der Waals surface area (Å²) in [5.74, 6) is 0.0762. The number of hydrogen-bond acceptors (Lipinski definition) is 2. The van der Waals surface area contributed by atoms with Crippen molar-refractivity contribution in [3.8, 4) is 0 Å². The predicted molar refractivity (Wildman–Crippen MR) is 49.9 cm³/mol. The Labute approximate surface area is 75.0 Å². The number of aliphatic hydroxyl groups is 1. The van der Waals surface area contributed by atoms with Crippen molar-refractivity contribution in [3.05, 3.63) is 0 Å². The molecule has 0 amide bonds. The van der Waals surface area contributed by atoms with Crippen LogP contribution in [-0.2, 0) is 4.79 Å². The van der Waals surface area contributed by atoms with Crippen LogP contribution in [-0.4, -0.2) is 17.0 Å². The van der Waals surface area contributed by atoms with E-state index in [1.807, 2.05) is 27.7 Å². The van der Waals surface area contributed by atoms with Crippen LogP contribution in [0.25, 0.3) is 0 Å². The molecule has 2 heteroatoms. The molecule has 0 aliphatic rings. The van der Waals surface area contributed by atoms with Gasteiger partial charge in [0.15, 0.2) is 5.78 Å². The lowest BCUT2D eigenvalue weighted by Gasteiger charge is -2.18. The van der Waals surface area contributed by atoms with Gasteiger partial charge in [-0.2, -0.15) is 0 Å². The molecule has 0 aliphatic carbocycles. The summed E-state index contributed by atoms with van der Waals surface area (Å²) in [5, 5.41) is 9.54. The van der Waals surface area contributed by atoms with Crippen LogP contribution in [0.5, 0.6) is 0 Å². The van der Waals surface area contributed by atoms with Crippen molar-refractivity contribution >= 4 is 5.78 Å². The quantitative estimate of drug-likeness (QED) is 0.688. The van der Waals surface area contributed by atoms with Crippen LogP contribution in [0.2, 0.25) is 0 Å². The van der Waals surface area contributed by atoms with Gasteiger partial charge in [-0.05, 0) is 12.3 Å². The van der Waals surface area contributed by atoms with Crippen LogP contribution in [0.4, 0.5) is 0 Å². The van der Waals surface area contributed by atoms with Crippen molar-refractivity contribution in [3.63, 3.8) is 0 Å². The van der Waals surface area contributed by atoms with Gasteiger partial charge in [-0.1, -0.05) is 34.1 Å². The van der Waals surface area contributed by atoms with Gasteiger partial charge >= 0.3 is 0 Å². The fourth-order valence-corrected chi connectivity index (χ4v) is 0.996. The van der Waals surface area contributed by atoms with E-state index in [1.165, 1.54) is 0 Å². The molecule has 0 spiro atoms. The summed E-state index contributed by atoms with van der Waals surface area (Å²) in [6.45, 7) is 7.72. The fraction of sp³-hybridized carbons (Fsp3) is 0.900. The van der Waals surface area contributed by atoms with Gasteiger partial charge in [0.25, 0.3) is 0 Å². The normalized spacial score (nSPS) is 18.4. The van der Waals surface area contributed by atoms with Crippen LogP contribution >= 0.6 is 0 Å². The Balaban J connectivity index is 4.09. The number of ketones is 1. The van der Waals surface area contributed by atoms with Crippen molar-refractivity contribution in [2.45, 2.75) is 46.6 Å². The molecule has 72 valence electrons. The van der Waals surface area contributed by atoms with Crippen molar-refractivity contribution in [2.75, 3.05) is 0 Å². The molecule has 0 rings (SSSR count). The Morgan fingerprint density at radius 1 is 1.25 bits per heavy atom. The number of hydrogen-bond donors (Lipinski definition) is 1. The molecule has 1 N–H and O–H groups in total. The number of rotatable bonds is 5. The van der Waals surface area contributed by atoms with Crippen LogP contribution in [0.3, 0.4) is 0 Å². The average Bonchev–Trinajstić information content (AvgIpc) is 2.12. The van der Waals surface area contributed by atoms with E-state index < -0.39 is 6.10 Å². The smallest absolute Gasteiger partial charge is 0.164 e. The van der Waals surface area contributed by atoms with Crippen molar-refractivity contribution in [1.82, 2.24) is 0 Å². The van der Waals surface area contributed by atoms with Gasteiger partial charge in [-0.25, -0.2) is 0 Å². The summed E-state index contributed by atoms with van der Waals surface area (Å²) in [5.41, 5.74) is 0. The van der Waals surface area contributed by atoms with E-state index in [9.17, 15) is 9.90 Å². The minimum Gasteiger partial charge on any atom is -0.385 e. The van der Waals surface area contributed by atoms with Gasteiger partial charge in [0.2, 0.25) is 0 Å².